The molecule has 72 valence electrons. The summed E-state index contributed by atoms with van der Waals surface area (Å²) in [6.45, 7) is 1.52. The molecule has 4 heteroatoms. The molecule has 2 atom stereocenters. The molecular weight excluding hydrogens is 180 g/mol. The molecule has 0 spiro atoms. The number of aromatic nitrogens is 2. The van der Waals surface area contributed by atoms with Crippen LogP contribution >= 0.6 is 0 Å². The van der Waals surface area contributed by atoms with Crippen molar-refractivity contribution in [1.82, 2.24) is 9.97 Å². The summed E-state index contributed by atoms with van der Waals surface area (Å²) in [6.07, 6.45) is 5.12. The van der Waals surface area contributed by atoms with Crippen molar-refractivity contribution in [2.75, 3.05) is 0 Å². The predicted octanol–water partition coefficient (Wildman–Crippen LogP) is 0.884. The summed E-state index contributed by atoms with van der Waals surface area (Å²) in [4.78, 5) is 30.4. The molecule has 14 heavy (non-hydrogen) atoms. The minimum Gasteiger partial charge on any atom is -0.300 e. The summed E-state index contributed by atoms with van der Waals surface area (Å²) >= 11 is 0. The lowest BCUT2D eigenvalue weighted by atomic mass is 10.1. The molecule has 1 fully saturated rings. The van der Waals surface area contributed by atoms with Crippen LogP contribution in [0.3, 0.4) is 0 Å². The number of carbonyl (C=O) groups excluding carboxylic acids is 2. The highest BCUT2D eigenvalue weighted by molar-refractivity contribution is 6.02. The minimum absolute atomic E-state index is 0.0571. The highest BCUT2D eigenvalue weighted by Crippen LogP contribution is 2.41. The second-order valence-electron chi connectivity index (χ2n) is 3.51. The van der Waals surface area contributed by atoms with Gasteiger partial charge in [-0.1, -0.05) is 0 Å². The molecule has 0 N–H and O–H groups in total. The van der Waals surface area contributed by atoms with Crippen molar-refractivity contribution in [3.63, 3.8) is 0 Å². The summed E-state index contributed by atoms with van der Waals surface area (Å²) in [6, 6.07) is 0. The Balaban J connectivity index is 2.09. The fraction of sp³-hybridized carbons (Fsp3) is 0.400. The van der Waals surface area contributed by atoms with E-state index in [9.17, 15) is 9.59 Å². The van der Waals surface area contributed by atoms with Gasteiger partial charge in [0.25, 0.3) is 0 Å². The van der Waals surface area contributed by atoms with Gasteiger partial charge in [0, 0.05) is 24.2 Å². The lowest BCUT2D eigenvalue weighted by Gasteiger charge is -1.96. The van der Waals surface area contributed by atoms with E-state index in [1.165, 1.54) is 25.5 Å². The zero-order chi connectivity index (χ0) is 10.1. The van der Waals surface area contributed by atoms with Gasteiger partial charge in [-0.15, -0.1) is 0 Å². The first-order chi connectivity index (χ1) is 6.70. The molecule has 1 heterocycles. The van der Waals surface area contributed by atoms with E-state index in [-0.39, 0.29) is 23.4 Å². The third-order valence-corrected chi connectivity index (χ3v) is 2.47. The fourth-order valence-electron chi connectivity index (χ4n) is 1.55. The average Bonchev–Trinajstić information content (AvgIpc) is 2.97. The van der Waals surface area contributed by atoms with Crippen LogP contribution in [-0.4, -0.2) is 21.5 Å². The number of ketones is 2. The number of nitrogens with zero attached hydrogens (tertiary/aromatic N) is 2. The molecule has 1 aliphatic carbocycles. The van der Waals surface area contributed by atoms with Gasteiger partial charge in [0.1, 0.15) is 11.5 Å². The lowest BCUT2D eigenvalue weighted by molar-refractivity contribution is -0.118. The number of carbonyl (C=O) groups is 2. The van der Waals surface area contributed by atoms with Crippen LogP contribution in [0.4, 0.5) is 0 Å². The quantitative estimate of drug-likeness (QED) is 0.664. The third kappa shape index (κ3) is 1.55. The van der Waals surface area contributed by atoms with E-state index < -0.39 is 0 Å². The summed E-state index contributed by atoms with van der Waals surface area (Å²) in [5.41, 5.74) is 0.362. The van der Waals surface area contributed by atoms with E-state index in [0.29, 0.717) is 12.1 Å². The first-order valence-electron chi connectivity index (χ1n) is 4.51. The number of Topliss-reactive ketones (excluding diaryl/α,β-unsaturated/α-hetero) is 2. The molecule has 0 aromatic carbocycles. The summed E-state index contributed by atoms with van der Waals surface area (Å²) < 4.78 is 0. The molecule has 0 bridgehead atoms. The Morgan fingerprint density at radius 2 is 2.14 bits per heavy atom. The smallest absolute Gasteiger partial charge is 0.186 e. The van der Waals surface area contributed by atoms with Gasteiger partial charge in [-0.05, 0) is 13.3 Å². The average molecular weight is 190 g/mol. The Hall–Kier alpha value is -1.58. The first-order valence-corrected chi connectivity index (χ1v) is 4.51. The Bertz CT molecular complexity index is 375. The van der Waals surface area contributed by atoms with Crippen LogP contribution in [0.2, 0.25) is 0 Å². The Labute approximate surface area is 81.4 Å². The summed E-state index contributed by atoms with van der Waals surface area (Å²) in [7, 11) is 0. The number of hydrogen-bond acceptors (Lipinski definition) is 4. The van der Waals surface area contributed by atoms with Gasteiger partial charge in [-0.25, -0.2) is 4.98 Å². The van der Waals surface area contributed by atoms with Crippen molar-refractivity contribution in [1.29, 1.82) is 0 Å². The molecule has 0 amide bonds. The van der Waals surface area contributed by atoms with Gasteiger partial charge in [-0.3, -0.25) is 14.6 Å². The normalized spacial score (nSPS) is 24.4. The fourth-order valence-corrected chi connectivity index (χ4v) is 1.55. The van der Waals surface area contributed by atoms with E-state index >= 15 is 0 Å². The standard InChI is InChI=1S/C10H10N2O2/c1-6(13)7-4-8(7)10(14)9-5-11-2-3-12-9/h2-3,5,7-8H,4H2,1H3/t7-,8+/m0/s1. The van der Waals surface area contributed by atoms with Crippen LogP contribution < -0.4 is 0 Å². The molecular formula is C10H10N2O2. The molecule has 0 radical (unpaired) electrons. The highest BCUT2D eigenvalue weighted by atomic mass is 16.1. The van der Waals surface area contributed by atoms with Crippen molar-refractivity contribution in [3.05, 3.63) is 24.3 Å². The van der Waals surface area contributed by atoms with Crippen molar-refractivity contribution < 1.29 is 9.59 Å². The highest BCUT2D eigenvalue weighted by Gasteiger charge is 2.46. The van der Waals surface area contributed by atoms with E-state index in [2.05, 4.69) is 9.97 Å². The molecule has 4 nitrogen and oxygen atoms in total. The van der Waals surface area contributed by atoms with Crippen molar-refractivity contribution >= 4 is 11.6 Å². The van der Waals surface area contributed by atoms with Crippen molar-refractivity contribution in [3.8, 4) is 0 Å². The van der Waals surface area contributed by atoms with Crippen LogP contribution in [0.15, 0.2) is 18.6 Å². The van der Waals surface area contributed by atoms with Crippen LogP contribution in [-0.2, 0) is 4.79 Å². The van der Waals surface area contributed by atoms with E-state index in [4.69, 9.17) is 0 Å². The van der Waals surface area contributed by atoms with Gasteiger partial charge < -0.3 is 0 Å². The molecule has 2 rings (SSSR count). The zero-order valence-corrected chi connectivity index (χ0v) is 7.80. The number of hydrogen-bond donors (Lipinski definition) is 0. The van der Waals surface area contributed by atoms with Crippen LogP contribution in [0.5, 0.6) is 0 Å². The molecule has 1 saturated carbocycles. The third-order valence-electron chi connectivity index (χ3n) is 2.47. The van der Waals surface area contributed by atoms with E-state index in [1.807, 2.05) is 0 Å². The Morgan fingerprint density at radius 1 is 1.36 bits per heavy atom. The van der Waals surface area contributed by atoms with Crippen molar-refractivity contribution in [2.45, 2.75) is 13.3 Å². The van der Waals surface area contributed by atoms with Crippen LogP contribution in [0, 0.1) is 11.8 Å². The molecule has 1 aromatic rings. The summed E-state index contributed by atoms with van der Waals surface area (Å²) in [5, 5.41) is 0. The van der Waals surface area contributed by atoms with Gasteiger partial charge >= 0.3 is 0 Å². The topological polar surface area (TPSA) is 59.9 Å². The zero-order valence-electron chi connectivity index (χ0n) is 7.80. The maximum Gasteiger partial charge on any atom is 0.186 e. The van der Waals surface area contributed by atoms with Gasteiger partial charge in [0.15, 0.2) is 5.78 Å². The largest absolute Gasteiger partial charge is 0.300 e. The van der Waals surface area contributed by atoms with Crippen LogP contribution in [0.25, 0.3) is 0 Å². The maximum atomic E-state index is 11.7. The maximum absolute atomic E-state index is 11.7. The number of rotatable bonds is 3. The van der Waals surface area contributed by atoms with Gasteiger partial charge in [0.05, 0.1) is 6.20 Å². The van der Waals surface area contributed by atoms with Crippen LogP contribution in [0.1, 0.15) is 23.8 Å². The lowest BCUT2D eigenvalue weighted by Crippen LogP contribution is -2.08. The Morgan fingerprint density at radius 3 is 2.64 bits per heavy atom. The second-order valence-corrected chi connectivity index (χ2v) is 3.51. The van der Waals surface area contributed by atoms with E-state index in [0.717, 1.165) is 0 Å². The summed E-state index contributed by atoms with van der Waals surface area (Å²) in [5.74, 6) is -0.195. The molecule has 1 aliphatic rings. The molecule has 0 unspecified atom stereocenters. The Kier molecular flexibility index (Phi) is 2.11. The van der Waals surface area contributed by atoms with Gasteiger partial charge in [-0.2, -0.15) is 0 Å². The minimum atomic E-state index is -0.149. The molecule has 1 aromatic heterocycles. The van der Waals surface area contributed by atoms with Gasteiger partial charge in [0.2, 0.25) is 0 Å². The molecule has 0 aliphatic heterocycles. The van der Waals surface area contributed by atoms with E-state index in [1.54, 1.807) is 0 Å². The first kappa shape index (κ1) is 8.99. The monoisotopic (exact) mass is 190 g/mol. The van der Waals surface area contributed by atoms with Crippen molar-refractivity contribution in [2.24, 2.45) is 11.8 Å². The second kappa shape index (κ2) is 3.29. The predicted molar refractivity (Wildman–Crippen MR) is 48.6 cm³/mol. The SMILES string of the molecule is CC(=O)[C@@H]1C[C@H]1C(=O)c1cnccn1. The molecule has 0 saturated heterocycles.